The van der Waals surface area contributed by atoms with Gasteiger partial charge in [-0.3, -0.25) is 33.7 Å². The second kappa shape index (κ2) is 22.3. The van der Waals surface area contributed by atoms with Gasteiger partial charge in [-0.05, 0) is 25.1 Å². The Morgan fingerprint density at radius 3 is 2.46 bits per heavy atom. The number of quaternary nitrogens is 1. The predicted molar refractivity (Wildman–Crippen MR) is 267 cm³/mol. The predicted octanol–water partition coefficient (Wildman–Crippen LogP) is -1.68. The average molecular weight is 1120 g/mol. The van der Waals surface area contributed by atoms with E-state index in [4.69, 9.17) is 20.0 Å². The lowest BCUT2D eigenvalue weighted by Gasteiger charge is -2.51. The summed E-state index contributed by atoms with van der Waals surface area (Å²) in [6.07, 6.45) is 3.91. The number of carbonyl (C=O) groups excluding carboxylic acids is 6. The number of oxime groups is 1. The SMILES string of the molecule is CC(=O)NC[C@H]1CN(c2ccc(N3CCOCC3)c(F)c2)C(=O)O1.CO/N=C(\C(=O)N[C@@H]1C(=O)N2C(C(=O)[O-])=C(C[N+]3(C)CCCC3)CS[C@H]12)c1csc(N)n1.C[C@]1(Cn2ccnn2)[C@H](C(=O)O)N2C(=O)C[C@H]2S1(=O)=O. The molecule has 6 fully saturated rings. The number of benzene rings is 1. The molecular weight excluding hydrogens is 1060 g/mol. The van der Waals surface area contributed by atoms with Crippen molar-refractivity contribution in [2.24, 2.45) is 5.16 Å². The van der Waals surface area contributed by atoms with Crippen LogP contribution in [0.2, 0.25) is 0 Å². The Morgan fingerprint density at radius 1 is 1.14 bits per heavy atom. The van der Waals surface area contributed by atoms with E-state index in [0.29, 0.717) is 55.5 Å². The number of carboxylic acids is 2. The van der Waals surface area contributed by atoms with Crippen LogP contribution in [0.5, 0.6) is 0 Å². The summed E-state index contributed by atoms with van der Waals surface area (Å²) in [6, 6.07) is 2.42. The zero-order valence-corrected chi connectivity index (χ0v) is 44.1. The number of fused-ring (bicyclic) bond motifs is 2. The molecule has 6 atom stereocenters. The summed E-state index contributed by atoms with van der Waals surface area (Å²) in [5.41, 5.74) is 7.34. The Bertz CT molecular complexity index is 2950. The van der Waals surface area contributed by atoms with Crippen molar-refractivity contribution >= 4 is 96.8 Å². The first-order chi connectivity index (χ1) is 36.1. The van der Waals surface area contributed by atoms with Gasteiger partial charge in [-0.15, -0.1) is 28.2 Å². The Kier molecular flexibility index (Phi) is 16.2. The molecule has 0 radical (unpaired) electrons. The number of likely N-dealkylation sites (N-methyl/N-ethyl adjacent to an activating group) is 1. The van der Waals surface area contributed by atoms with Gasteiger partial charge < -0.3 is 60.0 Å². The standard InChI is InChI=1S/C19H24N6O5S2.C16H20FN3O4.C10H12N4O5S/c1-25(5-3-4-6-25)7-10-8-31-17-13(16(27)24(17)14(10)18(28)29)22-15(26)12(23-30-2)11-9-32-19(20)21-11;1-11(21)18-9-13-10-20(16(22)24-13)12-2-3-15(14(17)8-12)19-4-6-23-7-5-19;1-10(5-13-3-2-11-12-13)8(9(16)17)14-6(15)4-7(14)20(10,18)19/h9,13,17H,3-8H2,1-2H3,(H3-,20,21,22,26,28,29);2-3,8,13H,4-7,9-10H2,1H3,(H,18,21);2-3,7-8H,4-5H2,1H3,(H,16,17)/b23-12-;;/t13-,17-;13-;7-,8+,10+/m101/s1. The summed E-state index contributed by atoms with van der Waals surface area (Å²) >= 11 is 2.57. The molecule has 6 saturated heterocycles. The molecule has 0 aliphatic carbocycles. The van der Waals surface area contributed by atoms with Crippen molar-refractivity contribution in [3.63, 3.8) is 0 Å². The molecule has 10 rings (SSSR count). The van der Waals surface area contributed by atoms with Crippen LogP contribution in [0.15, 0.2) is 52.4 Å². The van der Waals surface area contributed by atoms with Crippen LogP contribution in [0.4, 0.5) is 25.7 Å². The second-order valence-electron chi connectivity index (χ2n) is 19.2. The normalized spacial score (nSPS) is 26.1. The van der Waals surface area contributed by atoms with Crippen LogP contribution in [-0.4, -0.2) is 208 Å². The number of morpholine rings is 1. The van der Waals surface area contributed by atoms with Gasteiger partial charge in [0.05, 0.1) is 88.6 Å². The number of nitrogens with zero attached hydrogens (tertiary/aromatic N) is 10. The van der Waals surface area contributed by atoms with E-state index in [1.807, 2.05) is 4.90 Å². The summed E-state index contributed by atoms with van der Waals surface area (Å²) in [6.45, 7) is 8.05. The number of nitrogens with one attached hydrogen (secondary N) is 2. The Labute approximate surface area is 442 Å². The van der Waals surface area contributed by atoms with Gasteiger partial charge in [-0.25, -0.2) is 27.4 Å². The van der Waals surface area contributed by atoms with Gasteiger partial charge in [0, 0.05) is 55.8 Å². The number of halogens is 1. The van der Waals surface area contributed by atoms with Gasteiger partial charge in [0.2, 0.25) is 11.8 Å². The number of thiazole rings is 1. The van der Waals surface area contributed by atoms with Crippen molar-refractivity contribution in [2.45, 2.75) is 73.3 Å². The third-order valence-corrected chi connectivity index (χ3v) is 18.7. The number of aromatic nitrogens is 4. The quantitative estimate of drug-likeness (QED) is 0.0606. The molecule has 7 aliphatic heterocycles. The van der Waals surface area contributed by atoms with Crippen molar-refractivity contribution in [2.75, 3.05) is 94.5 Å². The van der Waals surface area contributed by atoms with Gasteiger partial charge in [0.25, 0.3) is 11.8 Å². The lowest BCUT2D eigenvalue weighted by atomic mass is 9.96. The van der Waals surface area contributed by atoms with Crippen LogP contribution in [0.1, 0.15) is 38.8 Å². The molecule has 9 heterocycles. The fraction of sp³-hybridized carbons (Fsp3) is 0.533. The number of sulfone groups is 1. The number of nitrogens with two attached hydrogens (primary N) is 1. The maximum Gasteiger partial charge on any atom is 0.414 e. The highest BCUT2D eigenvalue weighted by molar-refractivity contribution is 8.00. The third-order valence-electron chi connectivity index (χ3n) is 13.9. The second-order valence-corrected chi connectivity index (χ2v) is 23.7. The van der Waals surface area contributed by atoms with Crippen LogP contribution >= 0.6 is 23.1 Å². The molecule has 0 unspecified atom stereocenters. The fourth-order valence-corrected chi connectivity index (χ4v) is 14.4. The molecule has 410 valence electrons. The molecule has 3 aromatic rings. The van der Waals surface area contributed by atoms with E-state index in [1.54, 1.807) is 17.5 Å². The van der Waals surface area contributed by atoms with Crippen molar-refractivity contribution in [1.29, 1.82) is 0 Å². The minimum absolute atomic E-state index is 0.0615. The molecule has 0 bridgehead atoms. The Hall–Kier alpha value is -6.96. The lowest BCUT2D eigenvalue weighted by Crippen LogP contribution is -2.71. The van der Waals surface area contributed by atoms with Crippen LogP contribution < -0.4 is 31.3 Å². The molecule has 1 aromatic carbocycles. The summed E-state index contributed by atoms with van der Waals surface area (Å²) in [5, 5.41) is 37.8. The van der Waals surface area contributed by atoms with Gasteiger partial charge in [0.15, 0.2) is 26.7 Å². The number of rotatable bonds is 14. The van der Waals surface area contributed by atoms with E-state index in [2.05, 4.69) is 38.1 Å². The highest BCUT2D eigenvalue weighted by atomic mass is 32.2. The molecule has 5 N–H and O–H groups in total. The first-order valence-corrected chi connectivity index (χ1v) is 27.4. The Morgan fingerprint density at radius 2 is 1.87 bits per heavy atom. The molecule has 31 heteroatoms. The van der Waals surface area contributed by atoms with E-state index in [9.17, 15) is 56.6 Å². The first kappa shape index (κ1) is 55.3. The van der Waals surface area contributed by atoms with E-state index >= 15 is 0 Å². The average Bonchev–Trinajstić information content (AvgIpc) is 4.36. The van der Waals surface area contributed by atoms with Crippen LogP contribution in [-0.2, 0) is 59.5 Å². The molecule has 7 aliphatic rings. The molecule has 27 nitrogen and oxygen atoms in total. The summed E-state index contributed by atoms with van der Waals surface area (Å²) < 4.78 is 50.4. The summed E-state index contributed by atoms with van der Waals surface area (Å²) in [4.78, 5) is 97.9. The number of likely N-dealkylation sites (tertiary alicyclic amines) is 1. The van der Waals surface area contributed by atoms with Crippen molar-refractivity contribution in [3.8, 4) is 0 Å². The number of carboxylic acid groups (broad SMARTS) is 2. The highest BCUT2D eigenvalue weighted by Gasteiger charge is 2.70. The maximum atomic E-state index is 14.4. The maximum absolute atomic E-state index is 14.4. The van der Waals surface area contributed by atoms with Gasteiger partial charge in [-0.1, -0.05) is 10.4 Å². The zero-order valence-electron chi connectivity index (χ0n) is 41.7. The van der Waals surface area contributed by atoms with Crippen molar-refractivity contribution in [3.05, 3.63) is 58.8 Å². The molecule has 0 spiro atoms. The number of hydrogen-bond donors (Lipinski definition) is 4. The number of aliphatic carboxylic acids is 2. The van der Waals surface area contributed by atoms with Crippen molar-refractivity contribution < 1.29 is 75.4 Å². The highest BCUT2D eigenvalue weighted by Crippen LogP contribution is 2.47. The number of amides is 5. The monoisotopic (exact) mass is 1120 g/mol. The van der Waals surface area contributed by atoms with Gasteiger partial charge in [0.1, 0.15) is 52.8 Å². The topological polar surface area (TPSA) is 344 Å². The largest absolute Gasteiger partial charge is 0.543 e. The fourth-order valence-electron chi connectivity index (χ4n) is 10.2. The van der Waals surface area contributed by atoms with E-state index in [1.165, 1.54) is 65.7 Å². The third kappa shape index (κ3) is 11.0. The van der Waals surface area contributed by atoms with E-state index in [-0.39, 0.29) is 60.0 Å². The number of nitrogen functional groups attached to an aromatic ring is 1. The van der Waals surface area contributed by atoms with Crippen molar-refractivity contribution in [1.82, 2.24) is 40.4 Å². The minimum atomic E-state index is -3.80. The van der Waals surface area contributed by atoms with E-state index < -0.39 is 79.3 Å². The van der Waals surface area contributed by atoms with Crippen LogP contribution in [0.25, 0.3) is 0 Å². The molecule has 2 aromatic heterocycles. The Balaban J connectivity index is 0.000000156. The van der Waals surface area contributed by atoms with Gasteiger partial charge >= 0.3 is 12.1 Å². The molecular formula is C45H56FN13O14S3. The number of hydrogen-bond acceptors (Lipinski definition) is 21. The number of β-lactam (4-membered cyclic amide) rings is 2. The number of ether oxygens (including phenoxy) is 2. The molecule has 5 amide bonds. The number of thioether (sulfide) groups is 1. The lowest BCUT2D eigenvalue weighted by molar-refractivity contribution is -0.893. The molecule has 0 saturated carbocycles. The minimum Gasteiger partial charge on any atom is -0.543 e. The zero-order chi connectivity index (χ0) is 54.9. The van der Waals surface area contributed by atoms with E-state index in [0.717, 1.165) is 46.7 Å². The number of anilines is 3. The van der Waals surface area contributed by atoms with Crippen LogP contribution in [0.3, 0.4) is 0 Å². The molecule has 76 heavy (non-hydrogen) atoms. The smallest absolute Gasteiger partial charge is 0.414 e. The summed E-state index contributed by atoms with van der Waals surface area (Å²) in [7, 11) is -0.402. The van der Waals surface area contributed by atoms with Crippen LogP contribution in [0, 0.1) is 5.82 Å². The summed E-state index contributed by atoms with van der Waals surface area (Å²) in [5.74, 6) is -4.41. The first-order valence-electron chi connectivity index (χ1n) is 23.9. The number of cyclic esters (lactones) is 1. The van der Waals surface area contributed by atoms with Gasteiger partial charge in [-0.2, -0.15) is 0 Å². The number of carbonyl (C=O) groups is 7.